The Bertz CT molecular complexity index is 1650. The second-order valence-corrected chi connectivity index (χ2v) is 27.4. The van der Waals surface area contributed by atoms with E-state index in [0.29, 0.717) is 37.5 Å². The van der Waals surface area contributed by atoms with Gasteiger partial charge in [-0.05, 0) is 37.5 Å². The Morgan fingerprint density at radius 2 is 0.548 bits per heavy atom. The monoisotopic (exact) mass is 1240 g/mol. The number of carbonyl (C=O) groups excluding carboxylic acids is 4. The number of phosphoric ester groups is 2. The smallest absolute Gasteiger partial charge is 0.462 e. The Hall–Kier alpha value is -1.94. The second-order valence-electron chi connectivity index (χ2n) is 24.5. The normalized spacial score (nSPS) is 14.3. The highest BCUT2D eigenvalue weighted by atomic mass is 31.2. The average Bonchev–Trinajstić information content (AvgIpc) is 3.47. The van der Waals surface area contributed by atoms with Crippen LogP contribution in [0.1, 0.15) is 324 Å². The van der Waals surface area contributed by atoms with Gasteiger partial charge in [-0.25, -0.2) is 9.13 Å². The number of aliphatic hydroxyl groups is 1. The molecule has 0 saturated heterocycles. The molecule has 19 heteroatoms. The van der Waals surface area contributed by atoms with E-state index in [2.05, 4.69) is 41.5 Å². The number of hydrogen-bond donors (Lipinski definition) is 3. The number of rotatable bonds is 64. The van der Waals surface area contributed by atoms with E-state index < -0.39 is 97.5 Å². The minimum atomic E-state index is -4.94. The summed E-state index contributed by atoms with van der Waals surface area (Å²) in [6, 6.07) is 0. The molecule has 17 nitrogen and oxygen atoms in total. The molecule has 5 atom stereocenters. The third-order valence-corrected chi connectivity index (χ3v) is 16.9. The van der Waals surface area contributed by atoms with Crippen LogP contribution >= 0.6 is 15.6 Å². The highest BCUT2D eigenvalue weighted by Crippen LogP contribution is 2.45. The van der Waals surface area contributed by atoms with E-state index in [0.717, 1.165) is 103 Å². The minimum Gasteiger partial charge on any atom is -0.462 e. The lowest BCUT2D eigenvalue weighted by molar-refractivity contribution is -0.161. The van der Waals surface area contributed by atoms with Crippen LogP contribution in [-0.4, -0.2) is 96.7 Å². The minimum absolute atomic E-state index is 0.102. The maximum atomic E-state index is 13.0. The van der Waals surface area contributed by atoms with Crippen LogP contribution in [-0.2, 0) is 65.4 Å². The molecule has 0 aromatic heterocycles. The first kappa shape index (κ1) is 82.1. The molecule has 0 aromatic carbocycles. The van der Waals surface area contributed by atoms with Gasteiger partial charge >= 0.3 is 39.5 Å². The molecule has 0 heterocycles. The molecule has 0 spiro atoms. The number of aliphatic hydroxyl groups excluding tert-OH is 1. The maximum absolute atomic E-state index is 13.0. The lowest BCUT2D eigenvalue weighted by Crippen LogP contribution is -2.30. The first-order valence-corrected chi connectivity index (χ1v) is 37.0. The van der Waals surface area contributed by atoms with Crippen LogP contribution in [0.4, 0.5) is 0 Å². The molecule has 0 rings (SSSR count). The van der Waals surface area contributed by atoms with E-state index in [-0.39, 0.29) is 25.7 Å². The van der Waals surface area contributed by atoms with E-state index in [1.807, 2.05) is 0 Å². The average molecular weight is 1240 g/mol. The molecular formula is C65H126O17P2. The van der Waals surface area contributed by atoms with Crippen molar-refractivity contribution in [1.29, 1.82) is 0 Å². The summed E-state index contributed by atoms with van der Waals surface area (Å²) in [4.78, 5) is 71.9. The number of carbonyl (C=O) groups is 4. The van der Waals surface area contributed by atoms with Crippen molar-refractivity contribution in [3.8, 4) is 0 Å². The number of esters is 4. The highest BCUT2D eigenvalue weighted by molar-refractivity contribution is 7.47. The van der Waals surface area contributed by atoms with Crippen LogP contribution in [0.2, 0.25) is 0 Å². The van der Waals surface area contributed by atoms with Gasteiger partial charge in [-0.3, -0.25) is 37.3 Å². The predicted molar refractivity (Wildman–Crippen MR) is 335 cm³/mol. The molecule has 3 N–H and O–H groups in total. The van der Waals surface area contributed by atoms with E-state index >= 15 is 0 Å². The van der Waals surface area contributed by atoms with Gasteiger partial charge in [-0.1, -0.05) is 273 Å². The van der Waals surface area contributed by atoms with Gasteiger partial charge in [0.05, 0.1) is 26.4 Å². The largest absolute Gasteiger partial charge is 0.472 e. The number of phosphoric acid groups is 2. The molecule has 0 radical (unpaired) electrons. The molecular weight excluding hydrogens is 1110 g/mol. The summed E-state index contributed by atoms with van der Waals surface area (Å²) in [7, 11) is -9.88. The van der Waals surface area contributed by atoms with Crippen molar-refractivity contribution in [3.63, 3.8) is 0 Å². The molecule has 84 heavy (non-hydrogen) atoms. The van der Waals surface area contributed by atoms with Crippen LogP contribution in [0.25, 0.3) is 0 Å². The van der Waals surface area contributed by atoms with Crippen molar-refractivity contribution >= 4 is 39.5 Å². The van der Waals surface area contributed by atoms with Gasteiger partial charge in [-0.2, -0.15) is 0 Å². The number of hydrogen-bond acceptors (Lipinski definition) is 15. The second kappa shape index (κ2) is 57.5. The van der Waals surface area contributed by atoms with Crippen LogP contribution in [0.3, 0.4) is 0 Å². The molecule has 0 fully saturated rings. The fourth-order valence-electron chi connectivity index (χ4n) is 9.71. The summed E-state index contributed by atoms with van der Waals surface area (Å²) in [6.45, 7) is 9.29. The van der Waals surface area contributed by atoms with Gasteiger partial charge in [0.2, 0.25) is 0 Å². The molecule has 2 unspecified atom stereocenters. The maximum Gasteiger partial charge on any atom is 0.472 e. The molecule has 0 aliphatic heterocycles. The van der Waals surface area contributed by atoms with Crippen molar-refractivity contribution in [3.05, 3.63) is 0 Å². The van der Waals surface area contributed by atoms with Gasteiger partial charge in [0.25, 0.3) is 0 Å². The fourth-order valence-corrected chi connectivity index (χ4v) is 11.3. The Morgan fingerprint density at radius 1 is 0.321 bits per heavy atom. The molecule has 0 aromatic rings. The van der Waals surface area contributed by atoms with Crippen LogP contribution in [0.5, 0.6) is 0 Å². The molecule has 0 aliphatic rings. The topological polar surface area (TPSA) is 237 Å². The summed E-state index contributed by atoms with van der Waals surface area (Å²) in [5.41, 5.74) is 0. The number of ether oxygens (including phenoxy) is 4. The van der Waals surface area contributed by atoms with Crippen molar-refractivity contribution < 1.29 is 80.2 Å². The van der Waals surface area contributed by atoms with Gasteiger partial charge in [0, 0.05) is 25.7 Å². The van der Waals surface area contributed by atoms with Crippen LogP contribution in [0, 0.1) is 11.8 Å². The van der Waals surface area contributed by atoms with Crippen molar-refractivity contribution in [2.75, 3.05) is 39.6 Å². The Labute approximate surface area is 511 Å². The van der Waals surface area contributed by atoms with Crippen molar-refractivity contribution in [2.24, 2.45) is 11.8 Å². The summed E-state index contributed by atoms with van der Waals surface area (Å²) >= 11 is 0. The zero-order valence-corrected chi connectivity index (χ0v) is 56.0. The van der Waals surface area contributed by atoms with Gasteiger partial charge in [0.15, 0.2) is 12.2 Å². The molecule has 0 amide bonds. The number of unbranched alkanes of at least 4 members (excludes halogenated alkanes) is 34. The third kappa shape index (κ3) is 59.0. The fraction of sp³-hybridized carbons (Fsp3) is 0.938. The third-order valence-electron chi connectivity index (χ3n) is 15.0. The summed E-state index contributed by atoms with van der Waals surface area (Å²) < 4.78 is 67.8. The van der Waals surface area contributed by atoms with E-state index in [4.69, 9.17) is 37.0 Å². The van der Waals surface area contributed by atoms with Crippen molar-refractivity contribution in [1.82, 2.24) is 0 Å². The van der Waals surface area contributed by atoms with Crippen LogP contribution in [0.15, 0.2) is 0 Å². The van der Waals surface area contributed by atoms with E-state index in [9.17, 15) is 43.2 Å². The summed E-state index contributed by atoms with van der Waals surface area (Å²) in [6.07, 6.45) is 41.0. The highest BCUT2D eigenvalue weighted by Gasteiger charge is 2.30. The first-order chi connectivity index (χ1) is 40.4. The molecule has 0 aliphatic carbocycles. The summed E-state index contributed by atoms with van der Waals surface area (Å²) in [5, 5.41) is 10.5. The zero-order valence-electron chi connectivity index (χ0n) is 54.2. The van der Waals surface area contributed by atoms with Crippen LogP contribution < -0.4 is 0 Å². The van der Waals surface area contributed by atoms with Crippen molar-refractivity contribution in [2.45, 2.75) is 342 Å². The Kier molecular flexibility index (Phi) is 56.2. The Balaban J connectivity index is 5.11. The lowest BCUT2D eigenvalue weighted by atomic mass is 10.0. The Morgan fingerprint density at radius 3 is 0.810 bits per heavy atom. The predicted octanol–water partition coefficient (Wildman–Crippen LogP) is 18.0. The van der Waals surface area contributed by atoms with Gasteiger partial charge < -0.3 is 33.8 Å². The SMILES string of the molecule is CCCCCCCCCCCCCCCCCCCCCC(=O)O[C@H](COC(=O)CCCCCCCCCC(C)C)COP(=O)(O)OC[C@@H](O)COP(=O)(O)OC[C@@H](COC(=O)CCCCCCC)OC(=O)CCCCCCCCCC(C)C. The zero-order chi connectivity index (χ0) is 62.2. The van der Waals surface area contributed by atoms with E-state index in [1.54, 1.807) is 0 Å². The van der Waals surface area contributed by atoms with Gasteiger partial charge in [-0.15, -0.1) is 0 Å². The molecule has 498 valence electrons. The van der Waals surface area contributed by atoms with Gasteiger partial charge in [0.1, 0.15) is 19.3 Å². The standard InChI is InChI=1S/C65H126O17P2/c1-7-9-11-13-14-15-16-17-18-19-20-21-22-23-24-25-30-37-43-49-64(69)82-61(54-76-63(68)48-42-36-31-26-28-34-39-45-57(3)4)56-80-84(73,74)78-52-59(66)51-77-83(71,72)79-55-60(53-75-62(67)47-41-33-12-10-8-2)81-65(70)50-44-38-32-27-29-35-40-46-58(5)6/h57-61,66H,7-56H2,1-6H3,(H,71,72)(H,73,74)/t59-,60+,61+/m0/s1. The molecule has 0 saturated carbocycles. The molecule has 0 bridgehead atoms. The lowest BCUT2D eigenvalue weighted by Gasteiger charge is -2.21. The first-order valence-electron chi connectivity index (χ1n) is 34.0. The van der Waals surface area contributed by atoms with E-state index in [1.165, 1.54) is 128 Å². The quantitative estimate of drug-likeness (QED) is 0.0222. The summed E-state index contributed by atoms with van der Waals surface area (Å²) in [5.74, 6) is -0.746.